The number of amides is 1. The minimum atomic E-state index is -0.345. The van der Waals surface area contributed by atoms with Crippen LogP contribution in [0.1, 0.15) is 54.7 Å². The number of thioether (sulfide) groups is 1. The summed E-state index contributed by atoms with van der Waals surface area (Å²) in [6, 6.07) is 11.7. The first-order chi connectivity index (χ1) is 14.6. The third-order valence-electron chi connectivity index (χ3n) is 5.39. The van der Waals surface area contributed by atoms with Crippen LogP contribution in [0.15, 0.2) is 52.2 Å². The maximum Gasteiger partial charge on any atom is 0.274 e. The van der Waals surface area contributed by atoms with Gasteiger partial charge in [-0.1, -0.05) is 50.1 Å². The molecule has 1 amide bonds. The molecule has 0 spiro atoms. The van der Waals surface area contributed by atoms with Crippen molar-refractivity contribution < 1.29 is 9.18 Å². The Morgan fingerprint density at radius 3 is 2.80 bits per heavy atom. The minimum Gasteiger partial charge on any atom is -0.344 e. The fourth-order valence-corrected chi connectivity index (χ4v) is 4.97. The Morgan fingerprint density at radius 1 is 1.20 bits per heavy atom. The molecular weight excluding hydrogens is 401 g/mol. The van der Waals surface area contributed by atoms with Crippen LogP contribution < -0.4 is 10.9 Å². The van der Waals surface area contributed by atoms with Gasteiger partial charge in [0, 0.05) is 22.6 Å². The predicted molar refractivity (Wildman–Crippen MR) is 117 cm³/mol. The van der Waals surface area contributed by atoms with Gasteiger partial charge in [-0.3, -0.25) is 9.59 Å². The van der Waals surface area contributed by atoms with Crippen molar-refractivity contribution >= 4 is 28.4 Å². The minimum absolute atomic E-state index is 0.181. The number of benzene rings is 2. The molecule has 1 atom stereocenters. The molecule has 0 saturated heterocycles. The summed E-state index contributed by atoms with van der Waals surface area (Å²) in [5.74, 6) is 0.121. The number of aryl methyl sites for hydroxylation is 1. The van der Waals surface area contributed by atoms with E-state index >= 15 is 0 Å². The van der Waals surface area contributed by atoms with Gasteiger partial charge in [0.15, 0.2) is 5.69 Å². The topological polar surface area (TPSA) is 64.0 Å². The highest BCUT2D eigenvalue weighted by Gasteiger charge is 2.26. The van der Waals surface area contributed by atoms with Crippen molar-refractivity contribution in [2.24, 2.45) is 0 Å². The zero-order chi connectivity index (χ0) is 21.1. The van der Waals surface area contributed by atoms with E-state index in [9.17, 15) is 14.0 Å². The first kappa shape index (κ1) is 20.6. The summed E-state index contributed by atoms with van der Waals surface area (Å²) in [4.78, 5) is 26.6. The second-order valence-corrected chi connectivity index (χ2v) is 8.56. The number of fused-ring (bicyclic) bond motifs is 2. The summed E-state index contributed by atoms with van der Waals surface area (Å²) < 4.78 is 15.6. The van der Waals surface area contributed by atoms with E-state index in [-0.39, 0.29) is 29.0 Å². The van der Waals surface area contributed by atoms with Crippen LogP contribution in [-0.2, 0) is 6.54 Å². The quantitative estimate of drug-likeness (QED) is 0.582. The molecule has 2 aromatic carbocycles. The molecule has 1 N–H and O–H groups in total. The van der Waals surface area contributed by atoms with Gasteiger partial charge in [-0.25, -0.2) is 9.07 Å². The molecule has 156 valence electrons. The van der Waals surface area contributed by atoms with Crippen molar-refractivity contribution in [3.63, 3.8) is 0 Å². The molecule has 2 heterocycles. The van der Waals surface area contributed by atoms with Gasteiger partial charge >= 0.3 is 0 Å². The lowest BCUT2D eigenvalue weighted by Gasteiger charge is -2.26. The normalized spacial score (nSPS) is 15.7. The number of nitrogens with zero attached hydrogens (tertiary/aromatic N) is 2. The average Bonchev–Trinajstić information content (AvgIpc) is 2.76. The number of aromatic nitrogens is 2. The zero-order valence-electron chi connectivity index (χ0n) is 16.9. The van der Waals surface area contributed by atoms with E-state index in [0.717, 1.165) is 30.6 Å². The third-order valence-corrected chi connectivity index (χ3v) is 6.55. The third kappa shape index (κ3) is 3.99. The van der Waals surface area contributed by atoms with Crippen LogP contribution >= 0.6 is 11.8 Å². The second kappa shape index (κ2) is 9.00. The van der Waals surface area contributed by atoms with E-state index in [0.29, 0.717) is 28.6 Å². The van der Waals surface area contributed by atoms with Crippen molar-refractivity contribution in [2.45, 2.75) is 50.1 Å². The van der Waals surface area contributed by atoms with Crippen LogP contribution in [0, 0.1) is 5.82 Å². The van der Waals surface area contributed by atoms with E-state index in [2.05, 4.69) is 17.3 Å². The number of rotatable bonds is 6. The molecule has 0 radical (unpaired) electrons. The summed E-state index contributed by atoms with van der Waals surface area (Å²) in [5.41, 5.74) is 0.845. The Balaban J connectivity index is 1.69. The highest BCUT2D eigenvalue weighted by atomic mass is 32.2. The van der Waals surface area contributed by atoms with Crippen LogP contribution in [0.2, 0.25) is 0 Å². The number of nitrogens with one attached hydrogen (secondary N) is 1. The largest absolute Gasteiger partial charge is 0.344 e. The number of carbonyl (C=O) groups excluding carboxylic acids is 1. The summed E-state index contributed by atoms with van der Waals surface area (Å²) >= 11 is 1.47. The molecule has 0 saturated carbocycles. The van der Waals surface area contributed by atoms with E-state index in [1.165, 1.54) is 22.5 Å². The molecule has 1 aliphatic rings. The summed E-state index contributed by atoms with van der Waals surface area (Å²) in [6.45, 7) is 2.57. The fourth-order valence-electron chi connectivity index (χ4n) is 3.83. The van der Waals surface area contributed by atoms with Crippen LogP contribution in [0.3, 0.4) is 0 Å². The summed E-state index contributed by atoms with van der Waals surface area (Å²) in [7, 11) is 0. The SMILES string of the molecule is CCCCCn1nc(C(=O)NC2CCSc3c(F)cccc32)c2ccccc2c1=O. The Labute approximate surface area is 178 Å². The molecule has 1 aromatic heterocycles. The van der Waals surface area contributed by atoms with Crippen LogP contribution in [0.25, 0.3) is 10.8 Å². The van der Waals surface area contributed by atoms with Gasteiger partial charge in [-0.05, 0) is 30.5 Å². The molecule has 5 nitrogen and oxygen atoms in total. The molecule has 1 unspecified atom stereocenters. The van der Waals surface area contributed by atoms with Crippen molar-refractivity contribution in [3.8, 4) is 0 Å². The molecule has 0 bridgehead atoms. The van der Waals surface area contributed by atoms with E-state index in [1.54, 1.807) is 30.3 Å². The number of unbranched alkanes of at least 4 members (excludes halogenated alkanes) is 2. The van der Waals surface area contributed by atoms with E-state index < -0.39 is 0 Å². The Hall–Kier alpha value is -2.67. The molecule has 0 aliphatic carbocycles. The number of halogens is 1. The van der Waals surface area contributed by atoms with Gasteiger partial charge in [0.05, 0.1) is 11.4 Å². The first-order valence-corrected chi connectivity index (χ1v) is 11.3. The van der Waals surface area contributed by atoms with Gasteiger partial charge in [0.1, 0.15) is 5.82 Å². The Morgan fingerprint density at radius 2 is 2.00 bits per heavy atom. The standard InChI is InChI=1S/C23H24FN3O2S/c1-2-3-6-13-27-23(29)16-9-5-4-8-15(16)20(26-27)22(28)25-19-12-14-30-21-17(19)10-7-11-18(21)24/h4-5,7-11,19H,2-3,6,12-14H2,1H3,(H,25,28). The van der Waals surface area contributed by atoms with Crippen LogP contribution in [-0.4, -0.2) is 21.4 Å². The average molecular weight is 426 g/mol. The van der Waals surface area contributed by atoms with Crippen molar-refractivity contribution in [2.75, 3.05) is 5.75 Å². The van der Waals surface area contributed by atoms with Crippen molar-refractivity contribution in [1.29, 1.82) is 0 Å². The highest BCUT2D eigenvalue weighted by molar-refractivity contribution is 7.99. The second-order valence-electron chi connectivity index (χ2n) is 7.45. The molecule has 30 heavy (non-hydrogen) atoms. The summed E-state index contributed by atoms with van der Waals surface area (Å²) in [5, 5.41) is 8.48. The number of hydrogen-bond acceptors (Lipinski definition) is 4. The smallest absolute Gasteiger partial charge is 0.274 e. The number of hydrogen-bond donors (Lipinski definition) is 1. The lowest BCUT2D eigenvalue weighted by atomic mass is 10.0. The van der Waals surface area contributed by atoms with Gasteiger partial charge in [0.2, 0.25) is 0 Å². The fraction of sp³-hybridized carbons (Fsp3) is 0.348. The monoisotopic (exact) mass is 425 g/mol. The predicted octanol–water partition coefficient (Wildman–Crippen LogP) is 4.69. The highest BCUT2D eigenvalue weighted by Crippen LogP contribution is 2.37. The van der Waals surface area contributed by atoms with Gasteiger partial charge in [-0.2, -0.15) is 5.10 Å². The van der Waals surface area contributed by atoms with Crippen molar-refractivity contribution in [1.82, 2.24) is 15.1 Å². The first-order valence-electron chi connectivity index (χ1n) is 10.3. The number of carbonyl (C=O) groups is 1. The molecule has 3 aromatic rings. The summed E-state index contributed by atoms with van der Waals surface area (Å²) in [6.07, 6.45) is 3.56. The van der Waals surface area contributed by atoms with Crippen LogP contribution in [0.4, 0.5) is 4.39 Å². The Kier molecular flexibility index (Phi) is 6.18. The lowest BCUT2D eigenvalue weighted by Crippen LogP contribution is -2.34. The van der Waals surface area contributed by atoms with Crippen molar-refractivity contribution in [3.05, 3.63) is 69.9 Å². The van der Waals surface area contributed by atoms with Gasteiger partial charge < -0.3 is 5.32 Å². The van der Waals surface area contributed by atoms with Gasteiger partial charge in [-0.15, -0.1) is 11.8 Å². The zero-order valence-corrected chi connectivity index (χ0v) is 17.7. The van der Waals surface area contributed by atoms with E-state index in [4.69, 9.17) is 0 Å². The van der Waals surface area contributed by atoms with Gasteiger partial charge in [0.25, 0.3) is 11.5 Å². The molecule has 1 aliphatic heterocycles. The molecular formula is C23H24FN3O2S. The maximum atomic E-state index is 14.2. The van der Waals surface area contributed by atoms with Crippen LogP contribution in [0.5, 0.6) is 0 Å². The molecule has 0 fully saturated rings. The van der Waals surface area contributed by atoms with E-state index in [1.807, 2.05) is 6.07 Å². The molecule has 7 heteroatoms. The molecule has 4 rings (SSSR count). The lowest BCUT2D eigenvalue weighted by molar-refractivity contribution is 0.0929. The maximum absolute atomic E-state index is 14.2. The Bertz CT molecular complexity index is 1140.